The van der Waals surface area contributed by atoms with Crippen LogP contribution in [0.25, 0.3) is 11.1 Å². The zero-order valence-corrected chi connectivity index (χ0v) is 19.5. The molecule has 0 aliphatic carbocycles. The fourth-order valence-corrected chi connectivity index (χ4v) is 4.50. The summed E-state index contributed by atoms with van der Waals surface area (Å²) in [6.07, 6.45) is 0. The van der Waals surface area contributed by atoms with Crippen LogP contribution in [0.5, 0.6) is 0 Å². The fourth-order valence-electron chi connectivity index (χ4n) is 3.09. The Bertz CT molecular complexity index is 1240. The molecule has 7 nitrogen and oxygen atoms in total. The first kappa shape index (κ1) is 24.2. The van der Waals surface area contributed by atoms with Crippen LogP contribution in [-0.4, -0.2) is 44.3 Å². The summed E-state index contributed by atoms with van der Waals surface area (Å²) in [5.74, 6) is -1.29. The number of rotatable bonds is 8. The van der Waals surface area contributed by atoms with Crippen LogP contribution in [0.2, 0.25) is 0 Å². The van der Waals surface area contributed by atoms with Gasteiger partial charge in [0.15, 0.2) is 6.61 Å². The molecule has 33 heavy (non-hydrogen) atoms. The molecule has 0 heterocycles. The lowest BCUT2D eigenvalue weighted by Gasteiger charge is -2.21. The Morgan fingerprint density at radius 3 is 2.30 bits per heavy atom. The lowest BCUT2D eigenvalue weighted by Crippen LogP contribution is -2.33. The highest BCUT2D eigenvalue weighted by Crippen LogP contribution is 2.27. The summed E-state index contributed by atoms with van der Waals surface area (Å²) in [7, 11) is -2.28. The first-order chi connectivity index (χ1) is 15.7. The molecule has 3 rings (SSSR count). The molecular formula is C25H26N2O5S. The molecule has 0 aliphatic rings. The van der Waals surface area contributed by atoms with Gasteiger partial charge in [0.1, 0.15) is 0 Å². The summed E-state index contributed by atoms with van der Waals surface area (Å²) in [6.45, 7) is 3.00. The van der Waals surface area contributed by atoms with Gasteiger partial charge in [0.05, 0.1) is 10.5 Å². The largest absolute Gasteiger partial charge is 0.452 e. The number of hydrogen-bond acceptors (Lipinski definition) is 5. The third-order valence-electron chi connectivity index (χ3n) is 5.09. The Balaban J connectivity index is 1.67. The maximum atomic E-state index is 12.7. The molecule has 0 fully saturated rings. The van der Waals surface area contributed by atoms with Gasteiger partial charge in [0.25, 0.3) is 5.91 Å². The lowest BCUT2D eigenvalue weighted by atomic mass is 10.0. The molecule has 0 bridgehead atoms. The molecule has 0 aromatic heterocycles. The van der Waals surface area contributed by atoms with Gasteiger partial charge in [-0.1, -0.05) is 54.6 Å². The van der Waals surface area contributed by atoms with E-state index in [1.807, 2.05) is 42.5 Å². The van der Waals surface area contributed by atoms with Crippen LogP contribution in [0.3, 0.4) is 0 Å². The second-order valence-electron chi connectivity index (χ2n) is 7.68. The number of carbonyl (C=O) groups excluding carboxylic acids is 2. The Hall–Kier alpha value is -3.49. The second-order valence-corrected chi connectivity index (χ2v) is 9.68. The molecule has 0 aliphatic heterocycles. The molecular weight excluding hydrogens is 440 g/mol. The van der Waals surface area contributed by atoms with Crippen LogP contribution in [0.4, 0.5) is 5.69 Å². The van der Waals surface area contributed by atoms with Crippen molar-refractivity contribution in [3.05, 3.63) is 84.4 Å². The molecule has 0 saturated heterocycles. The van der Waals surface area contributed by atoms with E-state index in [1.54, 1.807) is 26.0 Å². The number of sulfonamides is 1. The molecule has 0 radical (unpaired) electrons. The average Bonchev–Trinajstić information content (AvgIpc) is 2.83. The quantitative estimate of drug-likeness (QED) is 0.503. The van der Waals surface area contributed by atoms with E-state index in [0.717, 1.165) is 11.1 Å². The maximum Gasteiger partial charge on any atom is 0.338 e. The van der Waals surface area contributed by atoms with Crippen LogP contribution in [0.1, 0.15) is 24.2 Å². The summed E-state index contributed by atoms with van der Waals surface area (Å²) in [6, 6.07) is 22.2. The van der Waals surface area contributed by atoms with E-state index in [4.69, 9.17) is 4.74 Å². The highest BCUT2D eigenvalue weighted by Gasteiger charge is 2.24. The maximum absolute atomic E-state index is 12.7. The Labute approximate surface area is 194 Å². The van der Waals surface area contributed by atoms with E-state index in [9.17, 15) is 18.0 Å². The first-order valence-electron chi connectivity index (χ1n) is 10.4. The van der Waals surface area contributed by atoms with Gasteiger partial charge >= 0.3 is 5.97 Å². The smallest absolute Gasteiger partial charge is 0.338 e. The first-order valence-corrected chi connectivity index (χ1v) is 11.8. The Morgan fingerprint density at radius 1 is 0.939 bits per heavy atom. The molecule has 1 N–H and O–H groups in total. The molecule has 0 saturated carbocycles. The number of nitrogens with zero attached hydrogens (tertiary/aromatic N) is 1. The minimum atomic E-state index is -3.75. The number of nitrogens with one attached hydrogen (secondary N) is 1. The summed E-state index contributed by atoms with van der Waals surface area (Å²) >= 11 is 0. The van der Waals surface area contributed by atoms with Gasteiger partial charge in [0.2, 0.25) is 10.0 Å². The fraction of sp³-hybridized carbons (Fsp3) is 0.200. The van der Waals surface area contributed by atoms with Gasteiger partial charge in [-0.3, -0.25) is 4.79 Å². The Morgan fingerprint density at radius 2 is 1.61 bits per heavy atom. The summed E-state index contributed by atoms with van der Waals surface area (Å²) < 4.78 is 31.7. The number of para-hydroxylation sites is 1. The number of hydrogen-bond donors (Lipinski definition) is 1. The van der Waals surface area contributed by atoms with E-state index in [0.29, 0.717) is 5.69 Å². The molecule has 1 amide bonds. The normalized spacial score (nSPS) is 11.4. The van der Waals surface area contributed by atoms with Crippen LogP contribution in [0, 0.1) is 0 Å². The predicted octanol–water partition coefficient (Wildman–Crippen LogP) is 4.18. The lowest BCUT2D eigenvalue weighted by molar-refractivity contribution is -0.119. The zero-order valence-electron chi connectivity index (χ0n) is 18.7. The zero-order chi connectivity index (χ0) is 24.0. The van der Waals surface area contributed by atoms with Crippen molar-refractivity contribution < 1.29 is 22.7 Å². The highest BCUT2D eigenvalue weighted by molar-refractivity contribution is 7.89. The van der Waals surface area contributed by atoms with Crippen LogP contribution in [-0.2, 0) is 19.6 Å². The second kappa shape index (κ2) is 10.4. The monoisotopic (exact) mass is 466 g/mol. The number of benzene rings is 3. The van der Waals surface area contributed by atoms with Crippen LogP contribution < -0.4 is 5.32 Å². The topological polar surface area (TPSA) is 92.8 Å². The summed E-state index contributed by atoms with van der Waals surface area (Å²) in [4.78, 5) is 24.9. The van der Waals surface area contributed by atoms with E-state index in [2.05, 4.69) is 5.32 Å². The molecule has 0 atom stereocenters. The van der Waals surface area contributed by atoms with E-state index >= 15 is 0 Å². The molecule has 172 valence electrons. The van der Waals surface area contributed by atoms with Gasteiger partial charge in [-0.15, -0.1) is 0 Å². The van der Waals surface area contributed by atoms with Crippen molar-refractivity contribution in [1.29, 1.82) is 0 Å². The van der Waals surface area contributed by atoms with Gasteiger partial charge in [-0.25, -0.2) is 13.2 Å². The SMILES string of the molecule is CC(C)N(C)S(=O)(=O)c1cccc(C(=O)OCC(=O)Nc2ccccc2-c2ccccc2)c1. The van der Waals surface area contributed by atoms with Crippen LogP contribution in [0.15, 0.2) is 83.8 Å². The van der Waals surface area contributed by atoms with E-state index < -0.39 is 28.5 Å². The van der Waals surface area contributed by atoms with E-state index in [-0.39, 0.29) is 16.5 Å². The third-order valence-corrected chi connectivity index (χ3v) is 7.12. The Kier molecular flexibility index (Phi) is 7.63. The van der Waals surface area contributed by atoms with Gasteiger partial charge in [0, 0.05) is 24.3 Å². The molecule has 3 aromatic rings. The van der Waals surface area contributed by atoms with Crippen molar-refractivity contribution >= 4 is 27.6 Å². The molecule has 8 heteroatoms. The predicted molar refractivity (Wildman–Crippen MR) is 127 cm³/mol. The van der Waals surface area contributed by atoms with Crippen molar-refractivity contribution in [1.82, 2.24) is 4.31 Å². The van der Waals surface area contributed by atoms with Crippen molar-refractivity contribution in [2.45, 2.75) is 24.8 Å². The van der Waals surface area contributed by atoms with Crippen molar-refractivity contribution in [3.8, 4) is 11.1 Å². The number of carbonyl (C=O) groups is 2. The van der Waals surface area contributed by atoms with Crippen LogP contribution >= 0.6 is 0 Å². The minimum absolute atomic E-state index is 0.0191. The molecule has 0 spiro atoms. The average molecular weight is 467 g/mol. The molecule has 3 aromatic carbocycles. The standard InChI is InChI=1S/C25H26N2O5S/c1-18(2)27(3)33(30,31)21-13-9-12-20(16-21)25(29)32-17-24(28)26-23-15-8-7-14-22(23)19-10-5-4-6-11-19/h4-16,18H,17H2,1-3H3,(H,26,28). The van der Waals surface area contributed by atoms with Crippen molar-refractivity contribution in [3.63, 3.8) is 0 Å². The number of esters is 1. The van der Waals surface area contributed by atoms with Gasteiger partial charge in [-0.05, 0) is 43.7 Å². The van der Waals surface area contributed by atoms with Crippen molar-refractivity contribution in [2.75, 3.05) is 19.0 Å². The van der Waals surface area contributed by atoms with E-state index in [1.165, 1.54) is 35.6 Å². The third kappa shape index (κ3) is 5.85. The summed E-state index contributed by atoms with van der Waals surface area (Å²) in [5.41, 5.74) is 2.42. The minimum Gasteiger partial charge on any atom is -0.452 e. The van der Waals surface area contributed by atoms with Crippen molar-refractivity contribution in [2.24, 2.45) is 0 Å². The number of ether oxygens (including phenoxy) is 1. The highest BCUT2D eigenvalue weighted by atomic mass is 32.2. The number of amides is 1. The van der Waals surface area contributed by atoms with Gasteiger partial charge in [-0.2, -0.15) is 4.31 Å². The van der Waals surface area contributed by atoms with Gasteiger partial charge < -0.3 is 10.1 Å². The summed E-state index contributed by atoms with van der Waals surface area (Å²) in [5, 5.41) is 2.76. The molecule has 0 unspecified atom stereocenters. The number of anilines is 1.